The van der Waals surface area contributed by atoms with Crippen molar-refractivity contribution in [1.29, 1.82) is 0 Å². The number of nitrogens with two attached hydrogens (primary N) is 1. The lowest BCUT2D eigenvalue weighted by molar-refractivity contribution is -0.135. The lowest BCUT2D eigenvalue weighted by Crippen LogP contribution is -2.35. The first-order valence-electron chi connectivity index (χ1n) is 4.60. The molecule has 0 saturated heterocycles. The van der Waals surface area contributed by atoms with Gasteiger partial charge in [0.2, 0.25) is 0 Å². The number of nitrogens with zero attached hydrogens (tertiary/aromatic N) is 2. The highest BCUT2D eigenvalue weighted by atomic mass is 16.5. The highest BCUT2D eigenvalue weighted by molar-refractivity contribution is 5.80. The zero-order valence-electron chi connectivity index (χ0n) is 9.10. The van der Waals surface area contributed by atoms with Crippen molar-refractivity contribution < 1.29 is 9.53 Å². The molecule has 15 heavy (non-hydrogen) atoms. The summed E-state index contributed by atoms with van der Waals surface area (Å²) in [6.45, 7) is 1.68. The normalized spacial score (nSPS) is 11.9. The zero-order chi connectivity index (χ0) is 11.4. The molecule has 0 aromatic carbocycles. The Morgan fingerprint density at radius 3 is 2.80 bits per heavy atom. The first kappa shape index (κ1) is 11.3. The molecule has 1 heterocycles. The maximum atomic E-state index is 11.5. The smallest absolute Gasteiger partial charge is 0.262 e. The van der Waals surface area contributed by atoms with E-state index in [1.165, 1.54) is 4.90 Å². The molecule has 1 atom stereocenters. The highest BCUT2D eigenvalue weighted by Gasteiger charge is 2.17. The van der Waals surface area contributed by atoms with E-state index in [-0.39, 0.29) is 11.7 Å². The molecule has 5 heteroatoms. The molecule has 0 radical (unpaired) electrons. The topological polar surface area (TPSA) is 68.5 Å². The number of carbonyl (C=O) groups excluding carboxylic acids is 1. The van der Waals surface area contributed by atoms with Crippen LogP contribution in [0, 0.1) is 0 Å². The molecule has 82 valence electrons. The molecule has 0 spiro atoms. The predicted octanol–water partition coefficient (Wildman–Crippen LogP) is 0.519. The third-order valence-corrected chi connectivity index (χ3v) is 1.89. The van der Waals surface area contributed by atoms with E-state index in [4.69, 9.17) is 10.5 Å². The fourth-order valence-corrected chi connectivity index (χ4v) is 1.11. The second-order valence-corrected chi connectivity index (χ2v) is 3.38. The summed E-state index contributed by atoms with van der Waals surface area (Å²) in [6.07, 6.45) is 1.01. The first-order valence-corrected chi connectivity index (χ1v) is 4.60. The van der Waals surface area contributed by atoms with Crippen LogP contribution in [0.2, 0.25) is 0 Å². The molecule has 0 fully saturated rings. The van der Waals surface area contributed by atoms with Gasteiger partial charge in [-0.3, -0.25) is 4.79 Å². The molecular formula is C10H15N3O2. The molecule has 2 N–H and O–H groups in total. The number of aromatic nitrogens is 1. The Morgan fingerprint density at radius 1 is 1.60 bits per heavy atom. The predicted molar refractivity (Wildman–Crippen MR) is 57.4 cm³/mol. The van der Waals surface area contributed by atoms with Crippen LogP contribution in [-0.4, -0.2) is 36.0 Å². The molecule has 1 rings (SSSR count). The quantitative estimate of drug-likeness (QED) is 0.788. The van der Waals surface area contributed by atoms with Crippen molar-refractivity contribution in [3.63, 3.8) is 0 Å². The van der Waals surface area contributed by atoms with E-state index in [1.807, 2.05) is 0 Å². The van der Waals surface area contributed by atoms with Gasteiger partial charge < -0.3 is 15.4 Å². The van der Waals surface area contributed by atoms with Crippen LogP contribution < -0.4 is 10.5 Å². The van der Waals surface area contributed by atoms with Crippen LogP contribution >= 0.6 is 0 Å². The number of hydrogen-bond donors (Lipinski definition) is 1. The lowest BCUT2D eigenvalue weighted by Gasteiger charge is -2.18. The van der Waals surface area contributed by atoms with Crippen molar-refractivity contribution in [2.24, 2.45) is 0 Å². The number of likely N-dealkylation sites (N-methyl/N-ethyl adjacent to an activating group) is 1. The molecule has 1 unspecified atom stereocenters. The SMILES string of the molecule is CC(Oc1cccnc1N)C(=O)N(C)C. The summed E-state index contributed by atoms with van der Waals surface area (Å²) in [4.78, 5) is 16.8. The van der Waals surface area contributed by atoms with Gasteiger partial charge in [-0.05, 0) is 19.1 Å². The summed E-state index contributed by atoms with van der Waals surface area (Å²) in [7, 11) is 3.35. The van der Waals surface area contributed by atoms with Crippen LogP contribution in [0.25, 0.3) is 0 Å². The van der Waals surface area contributed by atoms with Crippen molar-refractivity contribution in [3.05, 3.63) is 18.3 Å². The average molecular weight is 209 g/mol. The molecule has 0 bridgehead atoms. The summed E-state index contributed by atoms with van der Waals surface area (Å²) in [5.74, 6) is 0.606. The second-order valence-electron chi connectivity index (χ2n) is 3.38. The second kappa shape index (κ2) is 4.63. The van der Waals surface area contributed by atoms with Crippen molar-refractivity contribution in [2.75, 3.05) is 19.8 Å². The lowest BCUT2D eigenvalue weighted by atomic mass is 10.3. The molecule has 0 aliphatic rings. The third-order valence-electron chi connectivity index (χ3n) is 1.89. The third kappa shape index (κ3) is 2.83. The molecule has 0 saturated carbocycles. The van der Waals surface area contributed by atoms with Gasteiger partial charge in [0.25, 0.3) is 5.91 Å². The minimum absolute atomic E-state index is 0.113. The molecule has 0 aliphatic carbocycles. The monoisotopic (exact) mass is 209 g/mol. The Bertz CT molecular complexity index is 352. The number of ether oxygens (including phenoxy) is 1. The Hall–Kier alpha value is -1.78. The number of nitrogen functional groups attached to an aromatic ring is 1. The Labute approximate surface area is 88.9 Å². The van der Waals surface area contributed by atoms with Gasteiger partial charge in [0.15, 0.2) is 17.7 Å². The van der Waals surface area contributed by atoms with E-state index in [0.29, 0.717) is 5.75 Å². The average Bonchev–Trinajstić information content (AvgIpc) is 2.20. The van der Waals surface area contributed by atoms with Gasteiger partial charge in [-0.2, -0.15) is 0 Å². The van der Waals surface area contributed by atoms with E-state index in [0.717, 1.165) is 0 Å². The molecule has 0 aliphatic heterocycles. The summed E-state index contributed by atoms with van der Waals surface area (Å²) in [5, 5.41) is 0. The summed E-state index contributed by atoms with van der Waals surface area (Å²) < 4.78 is 5.39. The molecule has 5 nitrogen and oxygen atoms in total. The van der Waals surface area contributed by atoms with E-state index in [9.17, 15) is 4.79 Å². The van der Waals surface area contributed by atoms with Crippen LogP contribution in [0.4, 0.5) is 5.82 Å². The van der Waals surface area contributed by atoms with Gasteiger partial charge >= 0.3 is 0 Å². The largest absolute Gasteiger partial charge is 0.477 e. The van der Waals surface area contributed by atoms with Crippen LogP contribution in [0.15, 0.2) is 18.3 Å². The number of amides is 1. The number of carbonyl (C=O) groups is 1. The van der Waals surface area contributed by atoms with Crippen LogP contribution in [0.5, 0.6) is 5.75 Å². The number of pyridine rings is 1. The zero-order valence-corrected chi connectivity index (χ0v) is 9.10. The molecule has 1 amide bonds. The maximum Gasteiger partial charge on any atom is 0.262 e. The van der Waals surface area contributed by atoms with Crippen molar-refractivity contribution in [3.8, 4) is 5.75 Å². The van der Waals surface area contributed by atoms with Gasteiger partial charge in [-0.15, -0.1) is 0 Å². The molecule has 1 aromatic rings. The van der Waals surface area contributed by atoms with Crippen LogP contribution in [0.3, 0.4) is 0 Å². The fraction of sp³-hybridized carbons (Fsp3) is 0.400. The van der Waals surface area contributed by atoms with Crippen molar-refractivity contribution in [1.82, 2.24) is 9.88 Å². The van der Waals surface area contributed by atoms with E-state index in [1.54, 1.807) is 39.3 Å². The molecular weight excluding hydrogens is 194 g/mol. The van der Waals surface area contributed by atoms with E-state index in [2.05, 4.69) is 4.98 Å². The van der Waals surface area contributed by atoms with Gasteiger partial charge in [-0.25, -0.2) is 4.98 Å². The maximum absolute atomic E-state index is 11.5. The standard InChI is InChI=1S/C10H15N3O2/c1-7(10(14)13(2)3)15-8-5-4-6-12-9(8)11/h4-7H,1-3H3,(H2,11,12). The fourth-order valence-electron chi connectivity index (χ4n) is 1.11. The minimum atomic E-state index is -0.563. The van der Waals surface area contributed by atoms with Gasteiger partial charge in [0.05, 0.1) is 0 Å². The van der Waals surface area contributed by atoms with Crippen molar-refractivity contribution in [2.45, 2.75) is 13.0 Å². The number of rotatable bonds is 3. The number of anilines is 1. The van der Waals surface area contributed by atoms with Crippen LogP contribution in [0.1, 0.15) is 6.92 Å². The summed E-state index contributed by atoms with van der Waals surface area (Å²) in [6, 6.07) is 3.39. The number of hydrogen-bond acceptors (Lipinski definition) is 4. The first-order chi connectivity index (χ1) is 7.02. The van der Waals surface area contributed by atoms with Crippen molar-refractivity contribution >= 4 is 11.7 Å². The Kier molecular flexibility index (Phi) is 3.49. The Morgan fingerprint density at radius 2 is 2.27 bits per heavy atom. The van der Waals surface area contributed by atoms with E-state index >= 15 is 0 Å². The molecule has 1 aromatic heterocycles. The van der Waals surface area contributed by atoms with Crippen LogP contribution in [-0.2, 0) is 4.79 Å². The highest BCUT2D eigenvalue weighted by Crippen LogP contribution is 2.18. The van der Waals surface area contributed by atoms with Gasteiger partial charge in [-0.1, -0.05) is 0 Å². The summed E-state index contributed by atoms with van der Waals surface area (Å²) in [5.41, 5.74) is 5.58. The Balaban J connectivity index is 2.71. The van der Waals surface area contributed by atoms with E-state index < -0.39 is 6.10 Å². The van der Waals surface area contributed by atoms with Gasteiger partial charge in [0.1, 0.15) is 0 Å². The summed E-state index contributed by atoms with van der Waals surface area (Å²) >= 11 is 0. The minimum Gasteiger partial charge on any atom is -0.477 e. The van der Waals surface area contributed by atoms with Gasteiger partial charge in [0, 0.05) is 20.3 Å².